The summed E-state index contributed by atoms with van der Waals surface area (Å²) < 4.78 is 65.8. The molecule has 3 aliphatic rings. The van der Waals surface area contributed by atoms with Gasteiger partial charge in [-0.25, -0.2) is 28.9 Å². The molecule has 127 heavy (non-hydrogen) atoms. The van der Waals surface area contributed by atoms with Gasteiger partial charge >= 0.3 is 12.2 Å². The molecule has 7 aromatic carbocycles. The van der Waals surface area contributed by atoms with Crippen molar-refractivity contribution in [3.8, 4) is 79.4 Å². The Bertz CT molecular complexity index is 5550. The second kappa shape index (κ2) is 43.2. The average molecular weight is 1860 g/mol. The van der Waals surface area contributed by atoms with E-state index in [-0.39, 0.29) is 93.0 Å². The van der Waals surface area contributed by atoms with Crippen molar-refractivity contribution in [3.05, 3.63) is 233 Å². The highest BCUT2D eigenvalue weighted by Gasteiger charge is 2.33. The molecule has 674 valence electrons. The first-order chi connectivity index (χ1) is 59.9. The van der Waals surface area contributed by atoms with Gasteiger partial charge in [-0.1, -0.05) is 113 Å². The van der Waals surface area contributed by atoms with E-state index in [9.17, 15) is 33.5 Å². The third kappa shape index (κ3) is 24.8. The molecule has 3 unspecified atom stereocenters. The fourth-order valence-corrected chi connectivity index (χ4v) is 15.9. The van der Waals surface area contributed by atoms with E-state index in [1.54, 1.807) is 153 Å². The van der Waals surface area contributed by atoms with Gasteiger partial charge in [0.25, 0.3) is 17.7 Å². The summed E-state index contributed by atoms with van der Waals surface area (Å²) in [6.07, 6.45) is 2.19. The van der Waals surface area contributed by atoms with Crippen molar-refractivity contribution < 1.29 is 76.1 Å². The van der Waals surface area contributed by atoms with Crippen LogP contribution in [0.1, 0.15) is 141 Å². The van der Waals surface area contributed by atoms with Crippen molar-refractivity contribution in [2.45, 2.75) is 106 Å². The number of nitrogens with zero attached hydrogens (tertiary/aromatic N) is 8. The molecule has 10 aromatic rings. The van der Waals surface area contributed by atoms with Crippen molar-refractivity contribution in [2.75, 3.05) is 117 Å². The quantitative estimate of drug-likeness (QED) is 0.0417. The lowest BCUT2D eigenvalue weighted by molar-refractivity contribution is 0.0136. The molecule has 0 spiro atoms. The number of rotatable bonds is 21. The highest BCUT2D eigenvalue weighted by atomic mass is 35.5. The number of aromatic nitrogens is 3. The van der Waals surface area contributed by atoms with Gasteiger partial charge in [0.1, 0.15) is 70.7 Å². The third-order valence-electron chi connectivity index (χ3n) is 20.5. The number of piperazine rings is 3. The van der Waals surface area contributed by atoms with Crippen LogP contribution in [0, 0.1) is 5.82 Å². The Morgan fingerprint density at radius 3 is 1.11 bits per heavy atom. The van der Waals surface area contributed by atoms with Gasteiger partial charge in [0.05, 0.1) is 42.0 Å². The molecule has 5 amide bonds. The van der Waals surface area contributed by atoms with E-state index < -0.39 is 35.3 Å². The Hall–Kier alpha value is -11.6. The van der Waals surface area contributed by atoms with Gasteiger partial charge in [0, 0.05) is 174 Å². The van der Waals surface area contributed by atoms with E-state index in [1.165, 1.54) is 18.2 Å². The third-order valence-corrected chi connectivity index (χ3v) is 22.6. The molecule has 27 nitrogen and oxygen atoms in total. The van der Waals surface area contributed by atoms with Crippen LogP contribution in [0.15, 0.2) is 158 Å². The number of carbonyl (C=O) groups excluding carboxylic acids is 5. The number of nitrogens with two attached hydrogens (primary N) is 3. The largest absolute Gasteiger partial charge is 0.506 e. The van der Waals surface area contributed by atoms with Crippen LogP contribution in [0.4, 0.5) is 31.4 Å². The number of pyridine rings is 3. The summed E-state index contributed by atoms with van der Waals surface area (Å²) in [6.45, 7) is 22.6. The maximum Gasteiger partial charge on any atom is 0.410 e. The molecule has 0 radical (unpaired) electrons. The van der Waals surface area contributed by atoms with Gasteiger partial charge in [-0.15, -0.1) is 0 Å². The zero-order valence-electron chi connectivity index (χ0n) is 71.6. The number of carbonyl (C=O) groups is 5. The first-order valence-electron chi connectivity index (χ1n) is 40.2. The minimum Gasteiger partial charge on any atom is -0.506 e. The number of aromatic hydroxyl groups is 1. The number of ether oxygens (including phenoxy) is 9. The van der Waals surface area contributed by atoms with Crippen LogP contribution in [-0.4, -0.2) is 186 Å². The van der Waals surface area contributed by atoms with Gasteiger partial charge in [-0.2, -0.15) is 0 Å². The zero-order valence-corrected chi connectivity index (χ0v) is 76.1. The zero-order chi connectivity index (χ0) is 91.2. The smallest absolute Gasteiger partial charge is 0.410 e. The second-order valence-electron chi connectivity index (χ2n) is 31.5. The van der Waals surface area contributed by atoms with Crippen molar-refractivity contribution in [1.29, 1.82) is 0 Å². The molecular formula is C93H103Cl6FN12O15. The number of phenols is 1. The molecule has 13 rings (SSSR count). The number of phenolic OH excluding ortho intramolecular Hbond substituents is 1. The van der Waals surface area contributed by atoms with Crippen LogP contribution in [0.5, 0.6) is 46.0 Å². The molecule has 3 fully saturated rings. The maximum absolute atomic E-state index is 14.0. The van der Waals surface area contributed by atoms with Crippen molar-refractivity contribution in [2.24, 2.45) is 0 Å². The van der Waals surface area contributed by atoms with Gasteiger partial charge in [0.2, 0.25) is 0 Å². The monoisotopic (exact) mass is 1860 g/mol. The Balaban J connectivity index is 0.000000204. The van der Waals surface area contributed by atoms with Gasteiger partial charge in [-0.3, -0.25) is 14.4 Å². The molecule has 3 aromatic heterocycles. The summed E-state index contributed by atoms with van der Waals surface area (Å²) in [6, 6.07) is 39.4. The minimum atomic E-state index is -0.703. The highest BCUT2D eigenvalue weighted by molar-refractivity contribution is 6.38. The number of nitrogen functional groups attached to an aromatic ring is 3. The predicted octanol–water partition coefficient (Wildman–Crippen LogP) is 19.8. The molecule has 0 saturated carbocycles. The summed E-state index contributed by atoms with van der Waals surface area (Å²) in [5, 5.41) is 14.5. The maximum atomic E-state index is 14.0. The number of anilines is 3. The Kier molecular flexibility index (Phi) is 33.2. The Labute approximate surface area is 768 Å². The van der Waals surface area contributed by atoms with E-state index in [0.717, 1.165) is 40.9 Å². The molecule has 0 aliphatic carbocycles. The van der Waals surface area contributed by atoms with Crippen molar-refractivity contribution >= 4 is 117 Å². The summed E-state index contributed by atoms with van der Waals surface area (Å²) in [5.41, 5.74) is 25.5. The summed E-state index contributed by atoms with van der Waals surface area (Å²) in [5.74, 6) is 2.62. The topological polar surface area (TPSA) is 334 Å². The van der Waals surface area contributed by atoms with Crippen LogP contribution >= 0.6 is 69.6 Å². The number of amides is 5. The van der Waals surface area contributed by atoms with E-state index >= 15 is 0 Å². The van der Waals surface area contributed by atoms with E-state index in [4.69, 9.17) is 129 Å². The predicted molar refractivity (Wildman–Crippen MR) is 494 cm³/mol. The lowest BCUT2D eigenvalue weighted by Crippen LogP contribution is -2.51. The lowest BCUT2D eigenvalue weighted by Gasteiger charge is -2.35. The Morgan fingerprint density at radius 1 is 0.425 bits per heavy atom. The lowest BCUT2D eigenvalue weighted by atomic mass is 10.0. The fraction of sp³-hybridized carbons (Fsp3) is 0.333. The van der Waals surface area contributed by atoms with Crippen LogP contribution < -0.4 is 55.7 Å². The summed E-state index contributed by atoms with van der Waals surface area (Å²) in [7, 11) is 4.67. The molecule has 6 heterocycles. The number of halogens is 7. The number of methoxy groups -OCH3 is 3. The van der Waals surface area contributed by atoms with Gasteiger partial charge < -0.3 is 94.8 Å². The average Bonchev–Trinajstić information content (AvgIpc) is 0.782. The number of hydrogen-bond donors (Lipinski definition) is 5. The van der Waals surface area contributed by atoms with Gasteiger partial charge in [-0.05, 0) is 170 Å². The molecule has 0 bridgehead atoms. The second-order valence-corrected chi connectivity index (χ2v) is 33.9. The van der Waals surface area contributed by atoms with Gasteiger partial charge in [0.15, 0.2) is 34.7 Å². The molecule has 3 aliphatic heterocycles. The summed E-state index contributed by atoms with van der Waals surface area (Å²) >= 11 is 38.4. The highest BCUT2D eigenvalue weighted by Crippen LogP contribution is 2.45. The molecule has 8 N–H and O–H groups in total. The molecule has 34 heteroatoms. The van der Waals surface area contributed by atoms with E-state index in [2.05, 4.69) is 20.3 Å². The van der Waals surface area contributed by atoms with Crippen molar-refractivity contribution in [3.63, 3.8) is 0 Å². The van der Waals surface area contributed by atoms with E-state index in [0.29, 0.717) is 154 Å². The van der Waals surface area contributed by atoms with Crippen LogP contribution in [0.3, 0.4) is 0 Å². The van der Waals surface area contributed by atoms with Crippen LogP contribution in [0.2, 0.25) is 30.1 Å². The first-order valence-corrected chi connectivity index (χ1v) is 42.5. The van der Waals surface area contributed by atoms with E-state index in [1.807, 2.05) is 95.0 Å². The minimum absolute atomic E-state index is 0. The first kappa shape index (κ1) is 97.6. The summed E-state index contributed by atoms with van der Waals surface area (Å²) in [4.78, 5) is 85.2. The SMILES string of the molecule is C.CC(Oc1cc(-c2ccc(C(=O)N3CCN(C(=O)OC(C)(C)C)CC3)cc2)cnc1N)c1c(Cl)ccc(F)c1Cl.CC(Oc1cc(-c2ccc(C(=O)N3CCNCC3)cc2)cnc1N)c1c(Cl)ccc(O)c1Cl.COc1cc(OC)c(COc2ccc(Cl)c(C(C)Oc3cc(-c4ccc(C(=O)N5CCN(C(=O)OC(C)(C)C)CC5)cc4)cnc3N)c2Cl)c(OC)c1. The number of hydrogen-bond acceptors (Lipinski definition) is 22. The number of nitrogens with one attached hydrogen (secondary N) is 1. The standard InChI is InChI=1S/C39H44Cl2N4O8.C29H31Cl2FN4O4.C24H24Cl2N4O3.CH4/c1-23(34-29(40)12-13-30(35(34)41)51-22-28-31(49-6)19-27(48-5)20-32(28)50-7)52-33-18-26(21-43-36(33)42)24-8-10-25(11-9-24)37(46)44-14-16-45(17-15-44)38(47)53-39(2,3)4;1-17(24-21(30)9-10-22(32)25(24)31)39-23-15-20(16-34-26(23)33)18-5-7-19(8-6-18)27(37)35-11-13-36(14-12-35)28(38)40-29(2,3)4;1-14(21-18(25)6-7-19(31)22(21)26)33-20-12-17(13-29-23(20)27)15-2-4-16(5-3-15)24(32)30-10-8-28-9-11-30;/h8-13,18-21,23H,14-17,22H2,1-7H3,(H2,42,43);5-10,15-17H,11-14H2,1-4H3,(H2,33,34);2-7,12-14,28,31H,8-11H2,1H3,(H2,27,29);1H4. The Morgan fingerprint density at radius 2 is 0.756 bits per heavy atom. The fourth-order valence-electron chi connectivity index (χ4n) is 13.8. The molecule has 3 saturated heterocycles. The number of benzene rings is 7. The van der Waals surface area contributed by atoms with Crippen LogP contribution in [-0.2, 0) is 16.1 Å². The molecule has 3 atom stereocenters. The van der Waals surface area contributed by atoms with Crippen molar-refractivity contribution in [1.82, 2.24) is 44.8 Å². The van der Waals surface area contributed by atoms with Crippen LogP contribution in [0.25, 0.3) is 33.4 Å². The normalized spacial score (nSPS) is 14.1. The molecular weight excluding hydrogens is 1760 g/mol.